The van der Waals surface area contributed by atoms with Crippen molar-refractivity contribution < 1.29 is 9.53 Å². The van der Waals surface area contributed by atoms with E-state index in [0.29, 0.717) is 6.42 Å². The molecule has 3 heteroatoms. The first-order valence-corrected chi connectivity index (χ1v) is 7.73. The van der Waals surface area contributed by atoms with Gasteiger partial charge in [-0.3, -0.25) is 4.79 Å². The molecule has 2 rings (SSSR count). The Morgan fingerprint density at radius 1 is 1.09 bits per heavy atom. The van der Waals surface area contributed by atoms with E-state index in [1.807, 2.05) is 36.4 Å². The van der Waals surface area contributed by atoms with E-state index in [-0.39, 0.29) is 5.91 Å². The van der Waals surface area contributed by atoms with Crippen LogP contribution in [0.15, 0.2) is 48.5 Å². The van der Waals surface area contributed by atoms with Gasteiger partial charge in [0.05, 0.1) is 13.5 Å². The second-order valence-electron chi connectivity index (χ2n) is 5.38. The Bertz CT molecular complexity index is 605. The molecule has 0 spiro atoms. The predicted molar refractivity (Wildman–Crippen MR) is 90.4 cm³/mol. The second-order valence-corrected chi connectivity index (χ2v) is 5.38. The number of anilines is 1. The fourth-order valence-electron chi connectivity index (χ4n) is 2.31. The predicted octanol–water partition coefficient (Wildman–Crippen LogP) is 4.22. The van der Waals surface area contributed by atoms with E-state index in [9.17, 15) is 4.79 Å². The van der Waals surface area contributed by atoms with Gasteiger partial charge in [-0.15, -0.1) is 0 Å². The minimum absolute atomic E-state index is 0.0189. The summed E-state index contributed by atoms with van der Waals surface area (Å²) in [6, 6.07) is 15.7. The lowest BCUT2D eigenvalue weighted by Crippen LogP contribution is -2.14. The summed E-state index contributed by atoms with van der Waals surface area (Å²) in [4.78, 5) is 12.1. The molecule has 22 heavy (non-hydrogen) atoms. The fourth-order valence-corrected chi connectivity index (χ4v) is 2.31. The van der Waals surface area contributed by atoms with Crippen LogP contribution < -0.4 is 10.1 Å². The molecular formula is C19H23NO2. The third kappa shape index (κ3) is 4.92. The van der Waals surface area contributed by atoms with Crippen LogP contribution in [0.3, 0.4) is 0 Å². The van der Waals surface area contributed by atoms with Gasteiger partial charge in [0.2, 0.25) is 5.91 Å². The summed E-state index contributed by atoms with van der Waals surface area (Å²) in [5.41, 5.74) is 3.09. The molecule has 1 N–H and O–H groups in total. The molecule has 0 aliphatic rings. The Morgan fingerprint density at radius 3 is 2.55 bits per heavy atom. The van der Waals surface area contributed by atoms with Gasteiger partial charge in [0, 0.05) is 5.69 Å². The standard InChI is InChI=1S/C19H23NO2/c1-3-4-6-15-9-11-17(12-10-15)20-19(21)14-16-7-5-8-18(13-16)22-2/h5,7-13H,3-4,6,14H2,1-2H3,(H,20,21). The number of ether oxygens (including phenoxy) is 1. The van der Waals surface area contributed by atoms with Crippen molar-refractivity contribution in [3.63, 3.8) is 0 Å². The van der Waals surface area contributed by atoms with Crippen molar-refractivity contribution in [2.75, 3.05) is 12.4 Å². The number of benzene rings is 2. The molecule has 0 saturated carbocycles. The number of carbonyl (C=O) groups is 1. The van der Waals surface area contributed by atoms with E-state index in [0.717, 1.165) is 23.4 Å². The number of aryl methyl sites for hydroxylation is 1. The summed E-state index contributed by atoms with van der Waals surface area (Å²) in [7, 11) is 1.62. The number of nitrogens with one attached hydrogen (secondary N) is 1. The van der Waals surface area contributed by atoms with Gasteiger partial charge in [0.25, 0.3) is 0 Å². The summed E-state index contributed by atoms with van der Waals surface area (Å²) >= 11 is 0. The monoisotopic (exact) mass is 297 g/mol. The van der Waals surface area contributed by atoms with Crippen molar-refractivity contribution in [2.24, 2.45) is 0 Å². The molecule has 0 saturated heterocycles. The maximum atomic E-state index is 12.1. The topological polar surface area (TPSA) is 38.3 Å². The molecule has 2 aromatic carbocycles. The number of hydrogen-bond acceptors (Lipinski definition) is 2. The van der Waals surface area contributed by atoms with Gasteiger partial charge in [-0.25, -0.2) is 0 Å². The SMILES string of the molecule is CCCCc1ccc(NC(=O)Cc2cccc(OC)c2)cc1. The number of rotatable bonds is 7. The van der Waals surface area contributed by atoms with Crippen LogP contribution in [-0.2, 0) is 17.6 Å². The Hall–Kier alpha value is -2.29. The lowest BCUT2D eigenvalue weighted by Gasteiger charge is -2.07. The molecule has 2 aromatic rings. The first-order chi connectivity index (χ1) is 10.7. The highest BCUT2D eigenvalue weighted by Gasteiger charge is 2.05. The van der Waals surface area contributed by atoms with E-state index in [1.54, 1.807) is 7.11 Å². The third-order valence-corrected chi connectivity index (χ3v) is 3.56. The highest BCUT2D eigenvalue weighted by Crippen LogP contribution is 2.15. The molecule has 0 aliphatic heterocycles. The molecule has 0 heterocycles. The average molecular weight is 297 g/mol. The molecule has 3 nitrogen and oxygen atoms in total. The van der Waals surface area contributed by atoms with E-state index in [2.05, 4.69) is 24.4 Å². The lowest BCUT2D eigenvalue weighted by molar-refractivity contribution is -0.115. The van der Waals surface area contributed by atoms with E-state index in [4.69, 9.17) is 4.74 Å². The number of carbonyl (C=O) groups excluding carboxylic acids is 1. The summed E-state index contributed by atoms with van der Waals surface area (Å²) in [5, 5.41) is 2.93. The average Bonchev–Trinajstić information content (AvgIpc) is 2.54. The number of methoxy groups -OCH3 is 1. The molecular weight excluding hydrogens is 274 g/mol. The molecule has 0 aromatic heterocycles. The van der Waals surface area contributed by atoms with Crippen LogP contribution in [0.2, 0.25) is 0 Å². The molecule has 0 bridgehead atoms. The maximum absolute atomic E-state index is 12.1. The molecule has 1 amide bonds. The van der Waals surface area contributed by atoms with Crippen LogP contribution in [-0.4, -0.2) is 13.0 Å². The van der Waals surface area contributed by atoms with Gasteiger partial charge in [-0.2, -0.15) is 0 Å². The Morgan fingerprint density at radius 2 is 1.86 bits per heavy atom. The van der Waals surface area contributed by atoms with Gasteiger partial charge in [0.1, 0.15) is 5.75 Å². The van der Waals surface area contributed by atoms with Crippen LogP contribution in [0.4, 0.5) is 5.69 Å². The second kappa shape index (κ2) is 8.23. The van der Waals surface area contributed by atoms with Crippen LogP contribution in [0.1, 0.15) is 30.9 Å². The van der Waals surface area contributed by atoms with Crippen molar-refractivity contribution in [1.82, 2.24) is 0 Å². The number of amides is 1. The third-order valence-electron chi connectivity index (χ3n) is 3.56. The highest BCUT2D eigenvalue weighted by molar-refractivity contribution is 5.92. The first-order valence-electron chi connectivity index (χ1n) is 7.73. The summed E-state index contributed by atoms with van der Waals surface area (Å²) in [5.74, 6) is 0.750. The van der Waals surface area contributed by atoms with Crippen molar-refractivity contribution in [3.05, 3.63) is 59.7 Å². The lowest BCUT2D eigenvalue weighted by atomic mass is 10.1. The van der Waals surface area contributed by atoms with Crippen molar-refractivity contribution in [3.8, 4) is 5.75 Å². The van der Waals surface area contributed by atoms with Gasteiger partial charge >= 0.3 is 0 Å². The van der Waals surface area contributed by atoms with Crippen molar-refractivity contribution in [1.29, 1.82) is 0 Å². The van der Waals surface area contributed by atoms with Crippen LogP contribution in [0.25, 0.3) is 0 Å². The summed E-state index contributed by atoms with van der Waals surface area (Å²) in [6.45, 7) is 2.19. The molecule has 0 radical (unpaired) electrons. The van der Waals surface area contributed by atoms with Crippen LogP contribution in [0.5, 0.6) is 5.75 Å². The quantitative estimate of drug-likeness (QED) is 0.831. The number of hydrogen-bond donors (Lipinski definition) is 1. The normalized spacial score (nSPS) is 10.3. The molecule has 0 atom stereocenters. The zero-order chi connectivity index (χ0) is 15.8. The molecule has 0 fully saturated rings. The molecule has 0 aliphatic carbocycles. The van der Waals surface area contributed by atoms with E-state index >= 15 is 0 Å². The van der Waals surface area contributed by atoms with E-state index < -0.39 is 0 Å². The fraction of sp³-hybridized carbons (Fsp3) is 0.316. The first kappa shape index (κ1) is 16.1. The zero-order valence-corrected chi connectivity index (χ0v) is 13.3. The van der Waals surface area contributed by atoms with Gasteiger partial charge in [-0.1, -0.05) is 37.6 Å². The van der Waals surface area contributed by atoms with Crippen LogP contribution in [0, 0.1) is 0 Å². The van der Waals surface area contributed by atoms with Gasteiger partial charge in [0.15, 0.2) is 0 Å². The van der Waals surface area contributed by atoms with E-state index in [1.165, 1.54) is 18.4 Å². The van der Waals surface area contributed by atoms with Gasteiger partial charge in [-0.05, 0) is 48.2 Å². The van der Waals surface area contributed by atoms with Crippen molar-refractivity contribution >= 4 is 11.6 Å². The maximum Gasteiger partial charge on any atom is 0.228 e. The zero-order valence-electron chi connectivity index (χ0n) is 13.3. The summed E-state index contributed by atoms with van der Waals surface area (Å²) < 4.78 is 5.17. The highest BCUT2D eigenvalue weighted by atomic mass is 16.5. The van der Waals surface area contributed by atoms with Crippen molar-refractivity contribution in [2.45, 2.75) is 32.6 Å². The number of unbranched alkanes of at least 4 members (excludes halogenated alkanes) is 1. The molecule has 116 valence electrons. The largest absolute Gasteiger partial charge is 0.497 e. The Kier molecular flexibility index (Phi) is 6.01. The smallest absolute Gasteiger partial charge is 0.228 e. The summed E-state index contributed by atoms with van der Waals surface area (Å²) in [6.07, 6.45) is 3.82. The minimum atomic E-state index is -0.0189. The molecule has 0 unspecified atom stereocenters. The minimum Gasteiger partial charge on any atom is -0.497 e. The van der Waals surface area contributed by atoms with Crippen LogP contribution >= 0.6 is 0 Å². The Balaban J connectivity index is 1.91. The Labute approximate surface area is 132 Å². The van der Waals surface area contributed by atoms with Gasteiger partial charge < -0.3 is 10.1 Å².